The molecule has 1 aliphatic heterocycles. The van der Waals surface area contributed by atoms with Gasteiger partial charge in [0.05, 0.1) is 12.0 Å². The number of benzene rings is 1. The molecule has 0 radical (unpaired) electrons. The van der Waals surface area contributed by atoms with Crippen LogP contribution >= 0.6 is 11.8 Å². The highest BCUT2D eigenvalue weighted by molar-refractivity contribution is 8.18. The van der Waals surface area contributed by atoms with Gasteiger partial charge in [0, 0.05) is 18.2 Å². The number of nitrogens with zero attached hydrogens (tertiary/aromatic N) is 2. The molecule has 2 amide bonds. The molecule has 1 saturated heterocycles. The lowest BCUT2D eigenvalue weighted by atomic mass is 10.2. The fourth-order valence-corrected chi connectivity index (χ4v) is 2.71. The van der Waals surface area contributed by atoms with E-state index in [1.807, 2.05) is 0 Å². The van der Waals surface area contributed by atoms with E-state index in [-0.39, 0.29) is 16.6 Å². The number of esters is 1. The Kier molecular flexibility index (Phi) is 5.91. The zero-order valence-electron chi connectivity index (χ0n) is 12.9. The van der Waals surface area contributed by atoms with Crippen molar-refractivity contribution in [3.05, 3.63) is 59.5 Å². The zero-order chi connectivity index (χ0) is 17.5. The molecule has 1 aromatic rings. The van der Waals surface area contributed by atoms with Gasteiger partial charge in [0.1, 0.15) is 0 Å². The minimum absolute atomic E-state index is 0.163. The summed E-state index contributed by atoms with van der Waals surface area (Å²) in [5, 5.41) is 4.23. The maximum atomic E-state index is 12.3. The number of amidine groups is 1. The third-order valence-electron chi connectivity index (χ3n) is 2.94. The molecule has 1 aliphatic rings. The Morgan fingerprint density at radius 3 is 2.71 bits per heavy atom. The molecule has 0 unspecified atom stereocenters. The van der Waals surface area contributed by atoms with Crippen molar-refractivity contribution in [1.82, 2.24) is 10.3 Å². The van der Waals surface area contributed by atoms with Crippen LogP contribution in [0.1, 0.15) is 10.4 Å². The number of amides is 2. The molecule has 1 fully saturated rings. The van der Waals surface area contributed by atoms with E-state index >= 15 is 0 Å². The van der Waals surface area contributed by atoms with Gasteiger partial charge >= 0.3 is 5.97 Å². The number of thioether (sulfide) groups is 1. The van der Waals surface area contributed by atoms with E-state index in [1.165, 1.54) is 18.1 Å². The first-order chi connectivity index (χ1) is 11.6. The predicted octanol–water partition coefficient (Wildman–Crippen LogP) is 1.51. The van der Waals surface area contributed by atoms with Crippen molar-refractivity contribution >= 4 is 34.7 Å². The van der Waals surface area contributed by atoms with Crippen LogP contribution in [0.15, 0.2) is 59.1 Å². The van der Waals surface area contributed by atoms with Gasteiger partial charge in [-0.25, -0.2) is 10.2 Å². The number of hydrazone groups is 1. The minimum Gasteiger partial charge on any atom is -0.466 e. The molecule has 1 aromatic carbocycles. The van der Waals surface area contributed by atoms with Crippen LogP contribution < -0.4 is 5.43 Å². The fraction of sp³-hybridized carbons (Fsp3) is 0.125. The molecule has 0 bridgehead atoms. The molecule has 0 atom stereocenters. The van der Waals surface area contributed by atoms with Gasteiger partial charge in [0.25, 0.3) is 11.8 Å². The quantitative estimate of drug-likeness (QED) is 0.378. The summed E-state index contributed by atoms with van der Waals surface area (Å²) in [5.74, 6) is -1.45. The van der Waals surface area contributed by atoms with Crippen molar-refractivity contribution in [2.45, 2.75) is 0 Å². The second kappa shape index (κ2) is 8.11. The number of rotatable bonds is 5. The second-order valence-corrected chi connectivity index (χ2v) is 5.55. The Balaban J connectivity index is 2.18. The number of ether oxygens (including phenoxy) is 1. The predicted molar refractivity (Wildman–Crippen MR) is 90.9 cm³/mol. The van der Waals surface area contributed by atoms with E-state index in [0.29, 0.717) is 5.56 Å². The van der Waals surface area contributed by atoms with Crippen LogP contribution in [-0.2, 0) is 14.3 Å². The summed E-state index contributed by atoms with van der Waals surface area (Å²) in [4.78, 5) is 37.1. The van der Waals surface area contributed by atoms with Crippen LogP contribution in [0.5, 0.6) is 0 Å². The van der Waals surface area contributed by atoms with Gasteiger partial charge in [0.15, 0.2) is 5.17 Å². The summed E-state index contributed by atoms with van der Waals surface area (Å²) < 4.78 is 4.52. The SMILES string of the molecule is C=CCN1C(=O)/C(=C/C(=O)OC)SC1=NNC(=O)c1ccccc1. The van der Waals surface area contributed by atoms with Crippen molar-refractivity contribution in [3.63, 3.8) is 0 Å². The first kappa shape index (κ1) is 17.5. The zero-order valence-corrected chi connectivity index (χ0v) is 13.7. The Hall–Kier alpha value is -2.87. The number of carbonyl (C=O) groups excluding carboxylic acids is 3. The van der Waals surface area contributed by atoms with Gasteiger partial charge in [-0.3, -0.25) is 14.5 Å². The average molecular weight is 345 g/mol. The van der Waals surface area contributed by atoms with Crippen LogP contribution in [0.25, 0.3) is 0 Å². The summed E-state index contributed by atoms with van der Waals surface area (Å²) in [6.07, 6.45) is 2.61. The molecular weight excluding hydrogens is 330 g/mol. The van der Waals surface area contributed by atoms with Crippen molar-refractivity contribution in [1.29, 1.82) is 0 Å². The number of methoxy groups -OCH3 is 1. The molecule has 8 heteroatoms. The highest BCUT2D eigenvalue weighted by atomic mass is 32.2. The maximum absolute atomic E-state index is 12.3. The van der Waals surface area contributed by atoms with Crippen LogP contribution in [0.2, 0.25) is 0 Å². The van der Waals surface area contributed by atoms with Gasteiger partial charge in [-0.2, -0.15) is 0 Å². The van der Waals surface area contributed by atoms with Crippen molar-refractivity contribution in [3.8, 4) is 0 Å². The van der Waals surface area contributed by atoms with Gasteiger partial charge in [0.2, 0.25) is 0 Å². The van der Waals surface area contributed by atoms with Crippen molar-refractivity contribution in [2.75, 3.05) is 13.7 Å². The highest BCUT2D eigenvalue weighted by Gasteiger charge is 2.33. The summed E-state index contributed by atoms with van der Waals surface area (Å²) in [5.41, 5.74) is 2.84. The van der Waals surface area contributed by atoms with Crippen molar-refractivity contribution < 1.29 is 19.1 Å². The largest absolute Gasteiger partial charge is 0.466 e. The second-order valence-electron chi connectivity index (χ2n) is 4.54. The molecule has 24 heavy (non-hydrogen) atoms. The van der Waals surface area contributed by atoms with E-state index in [4.69, 9.17) is 0 Å². The molecule has 1 N–H and O–H groups in total. The van der Waals surface area contributed by atoms with Crippen LogP contribution in [0.3, 0.4) is 0 Å². The summed E-state index contributed by atoms with van der Waals surface area (Å²) in [6.45, 7) is 3.78. The molecule has 0 aliphatic carbocycles. The van der Waals surface area contributed by atoms with Gasteiger partial charge in [-0.05, 0) is 23.9 Å². The van der Waals surface area contributed by atoms with Crippen molar-refractivity contribution in [2.24, 2.45) is 5.10 Å². The number of nitrogens with one attached hydrogen (secondary N) is 1. The first-order valence-corrected chi connectivity index (χ1v) is 7.71. The Labute approximate surface area is 143 Å². The molecule has 0 aromatic heterocycles. The molecule has 0 saturated carbocycles. The topological polar surface area (TPSA) is 88.1 Å². The van der Waals surface area contributed by atoms with Crippen LogP contribution in [0.4, 0.5) is 0 Å². The lowest BCUT2D eigenvalue weighted by Crippen LogP contribution is -2.31. The summed E-state index contributed by atoms with van der Waals surface area (Å²) in [6, 6.07) is 8.55. The van der Waals surface area contributed by atoms with Crippen LogP contribution in [-0.4, -0.2) is 41.5 Å². The molecule has 2 rings (SSSR count). The average Bonchev–Trinajstić information content (AvgIpc) is 2.89. The smallest absolute Gasteiger partial charge is 0.331 e. The van der Waals surface area contributed by atoms with Gasteiger partial charge < -0.3 is 4.74 Å². The lowest BCUT2D eigenvalue weighted by molar-refractivity contribution is -0.135. The van der Waals surface area contributed by atoms with Gasteiger partial charge in [-0.15, -0.1) is 11.7 Å². The van der Waals surface area contributed by atoms with E-state index in [0.717, 1.165) is 17.8 Å². The standard InChI is InChI=1S/C16H15N3O4S/c1-3-9-19-15(22)12(10-13(20)23-2)24-16(19)18-17-14(21)11-7-5-4-6-8-11/h3-8,10H,1,9H2,2H3,(H,17,21)/b12-10-,18-16?. The molecule has 124 valence electrons. The van der Waals surface area contributed by atoms with E-state index in [9.17, 15) is 14.4 Å². The summed E-state index contributed by atoms with van der Waals surface area (Å²) in [7, 11) is 1.22. The Bertz CT molecular complexity index is 728. The third-order valence-corrected chi connectivity index (χ3v) is 3.95. The number of carbonyl (C=O) groups is 3. The monoisotopic (exact) mass is 345 g/mol. The maximum Gasteiger partial charge on any atom is 0.331 e. The number of hydrogen-bond donors (Lipinski definition) is 1. The van der Waals surface area contributed by atoms with E-state index in [2.05, 4.69) is 21.8 Å². The normalized spacial score (nSPS) is 17.2. The van der Waals surface area contributed by atoms with Crippen LogP contribution in [0, 0.1) is 0 Å². The first-order valence-electron chi connectivity index (χ1n) is 6.90. The summed E-state index contributed by atoms with van der Waals surface area (Å²) >= 11 is 0.972. The Morgan fingerprint density at radius 1 is 1.38 bits per heavy atom. The molecule has 7 nitrogen and oxygen atoms in total. The molecule has 0 spiro atoms. The Morgan fingerprint density at radius 2 is 2.08 bits per heavy atom. The molecule has 1 heterocycles. The van der Waals surface area contributed by atoms with E-state index in [1.54, 1.807) is 30.3 Å². The van der Waals surface area contributed by atoms with Gasteiger partial charge in [-0.1, -0.05) is 24.3 Å². The number of hydrogen-bond acceptors (Lipinski definition) is 6. The third kappa shape index (κ3) is 4.11. The highest BCUT2D eigenvalue weighted by Crippen LogP contribution is 2.30. The minimum atomic E-state index is -0.640. The fourth-order valence-electron chi connectivity index (χ4n) is 1.80. The lowest BCUT2D eigenvalue weighted by Gasteiger charge is -2.12. The molecular formula is C16H15N3O4S. The van der Waals surface area contributed by atoms with E-state index < -0.39 is 17.8 Å².